The summed E-state index contributed by atoms with van der Waals surface area (Å²) < 4.78 is 12.4. The van der Waals surface area contributed by atoms with Crippen LogP contribution in [0.3, 0.4) is 0 Å². The first-order chi connectivity index (χ1) is 15.9. The zero-order chi connectivity index (χ0) is 24.5. The molecule has 0 aromatic heterocycles. The van der Waals surface area contributed by atoms with E-state index in [2.05, 4.69) is 0 Å². The van der Waals surface area contributed by atoms with Gasteiger partial charge in [-0.25, -0.2) is 0 Å². The molecule has 3 aliphatic rings. The first kappa shape index (κ1) is 23.3. The topological polar surface area (TPSA) is 76.1 Å². The van der Waals surface area contributed by atoms with Crippen molar-refractivity contribution in [3.63, 3.8) is 0 Å². The molecule has 2 aromatic carbocycles. The highest BCUT2D eigenvalue weighted by atomic mass is 16.7. The third-order valence-corrected chi connectivity index (χ3v) is 8.15. The minimum absolute atomic E-state index is 0.297. The van der Waals surface area contributed by atoms with Crippen LogP contribution in [0.15, 0.2) is 48.5 Å². The summed E-state index contributed by atoms with van der Waals surface area (Å²) in [5, 5.41) is 11.1. The number of carbonyl (C=O) groups is 2. The van der Waals surface area contributed by atoms with Crippen molar-refractivity contribution >= 4 is 24.4 Å². The summed E-state index contributed by atoms with van der Waals surface area (Å²) >= 11 is 0. The molecule has 34 heavy (non-hydrogen) atoms. The number of imide groups is 1. The lowest BCUT2D eigenvalue weighted by molar-refractivity contribution is -0.135. The van der Waals surface area contributed by atoms with E-state index in [1.807, 2.05) is 58.9 Å². The maximum atomic E-state index is 13.4. The van der Waals surface area contributed by atoms with Crippen LogP contribution in [0.4, 0.5) is 0 Å². The van der Waals surface area contributed by atoms with Crippen LogP contribution in [0, 0.1) is 0 Å². The minimum atomic E-state index is -0.894. The molecule has 2 heterocycles. The van der Waals surface area contributed by atoms with Gasteiger partial charge in [0.15, 0.2) is 0 Å². The van der Waals surface area contributed by atoms with Crippen molar-refractivity contribution in [2.45, 2.75) is 82.6 Å². The van der Waals surface area contributed by atoms with E-state index >= 15 is 0 Å². The van der Waals surface area contributed by atoms with Crippen molar-refractivity contribution in [2.75, 3.05) is 0 Å². The smallest absolute Gasteiger partial charge is 0.399 e. The van der Waals surface area contributed by atoms with Crippen molar-refractivity contribution in [1.82, 2.24) is 4.90 Å². The van der Waals surface area contributed by atoms with E-state index in [0.717, 1.165) is 17.4 Å². The molecule has 1 aliphatic carbocycles. The Bertz CT molecular complexity index is 1100. The summed E-state index contributed by atoms with van der Waals surface area (Å²) in [5.74, 6) is -0.594. The molecule has 0 radical (unpaired) electrons. The van der Waals surface area contributed by atoms with Gasteiger partial charge in [0.1, 0.15) is 0 Å². The average Bonchev–Trinajstić information content (AvgIpc) is 3.15. The van der Waals surface area contributed by atoms with Crippen LogP contribution < -0.4 is 5.46 Å². The Morgan fingerprint density at radius 2 is 1.38 bits per heavy atom. The van der Waals surface area contributed by atoms with Gasteiger partial charge in [-0.1, -0.05) is 49.7 Å². The van der Waals surface area contributed by atoms with Crippen LogP contribution >= 0.6 is 0 Å². The lowest BCUT2D eigenvalue weighted by Gasteiger charge is -2.57. The summed E-state index contributed by atoms with van der Waals surface area (Å²) in [4.78, 5) is 28.2. The van der Waals surface area contributed by atoms with E-state index < -0.39 is 29.5 Å². The molecular weight excluding hydrogens is 429 g/mol. The van der Waals surface area contributed by atoms with Crippen LogP contribution in [-0.4, -0.2) is 45.7 Å². The number of rotatable bonds is 5. The lowest BCUT2D eigenvalue weighted by atomic mass is 9.59. The Labute approximate surface area is 201 Å². The molecule has 2 aromatic rings. The van der Waals surface area contributed by atoms with Crippen LogP contribution in [0.5, 0.6) is 0 Å². The van der Waals surface area contributed by atoms with E-state index in [4.69, 9.17) is 9.31 Å². The van der Waals surface area contributed by atoms with Gasteiger partial charge in [-0.3, -0.25) is 14.5 Å². The zero-order valence-electron chi connectivity index (χ0n) is 20.6. The number of fused-ring (bicyclic) bond motifs is 1. The summed E-state index contributed by atoms with van der Waals surface area (Å²) in [6.07, 6.45) is 2.11. The third-order valence-electron chi connectivity index (χ3n) is 8.15. The number of amides is 2. The van der Waals surface area contributed by atoms with Crippen molar-refractivity contribution in [3.8, 4) is 0 Å². The minimum Gasteiger partial charge on any atom is -0.399 e. The number of carbonyl (C=O) groups excluding carboxylic acids is 2. The highest BCUT2D eigenvalue weighted by Gasteiger charge is 2.62. The molecule has 2 fully saturated rings. The van der Waals surface area contributed by atoms with Crippen LogP contribution in [-0.2, 0) is 14.8 Å². The van der Waals surface area contributed by atoms with Gasteiger partial charge < -0.3 is 14.4 Å². The maximum absolute atomic E-state index is 13.4. The first-order valence-corrected chi connectivity index (χ1v) is 12.1. The standard InChI is InChI=1S/C27H32BNO5/c1-6-15-26(32)16-27(17-26,29-22(30)20-9-7-8-10-21(20)23(29)31)18-11-13-19(14-12-18)28-33-24(2,3)25(4,5)34-28/h7-14,32H,6,15-17H2,1-5H3/t26-,27+. The van der Waals surface area contributed by atoms with Crippen molar-refractivity contribution in [3.05, 3.63) is 65.2 Å². The van der Waals surface area contributed by atoms with Gasteiger partial charge in [-0.05, 0) is 57.3 Å². The molecule has 0 bridgehead atoms. The van der Waals surface area contributed by atoms with Gasteiger partial charge in [-0.2, -0.15) is 0 Å². The Hall–Kier alpha value is -2.48. The SMILES string of the molecule is CCC[C@]1(O)C[C@@](c2ccc(B3OC(C)(C)C(C)(C)O3)cc2)(N2C(=O)c3ccccc3C2=O)C1. The number of aliphatic hydroxyl groups is 1. The van der Waals surface area contributed by atoms with E-state index in [-0.39, 0.29) is 11.8 Å². The highest BCUT2D eigenvalue weighted by Crippen LogP contribution is 2.56. The van der Waals surface area contributed by atoms with E-state index in [1.165, 1.54) is 4.90 Å². The first-order valence-electron chi connectivity index (χ1n) is 12.1. The molecule has 2 aliphatic heterocycles. The number of nitrogens with zero attached hydrogens (tertiary/aromatic N) is 1. The lowest BCUT2D eigenvalue weighted by Crippen LogP contribution is -2.64. The monoisotopic (exact) mass is 461 g/mol. The van der Waals surface area contributed by atoms with E-state index in [0.29, 0.717) is 30.4 Å². The predicted molar refractivity (Wildman–Crippen MR) is 130 cm³/mol. The molecule has 7 heteroatoms. The molecule has 0 spiro atoms. The molecule has 0 unspecified atom stereocenters. The quantitative estimate of drug-likeness (QED) is 0.542. The van der Waals surface area contributed by atoms with Gasteiger partial charge in [0.25, 0.3) is 11.8 Å². The Balaban J connectivity index is 1.50. The van der Waals surface area contributed by atoms with Crippen molar-refractivity contribution in [2.24, 2.45) is 0 Å². The largest absolute Gasteiger partial charge is 0.494 e. The second-order valence-corrected chi connectivity index (χ2v) is 11.1. The molecular formula is C27H32BNO5. The molecule has 2 amide bonds. The Morgan fingerprint density at radius 3 is 1.85 bits per heavy atom. The Kier molecular flexibility index (Phi) is 5.14. The van der Waals surface area contributed by atoms with Crippen LogP contribution in [0.1, 0.15) is 86.6 Å². The molecule has 5 rings (SSSR count). The highest BCUT2D eigenvalue weighted by molar-refractivity contribution is 6.62. The van der Waals surface area contributed by atoms with Crippen molar-refractivity contribution in [1.29, 1.82) is 0 Å². The molecule has 6 nitrogen and oxygen atoms in total. The van der Waals surface area contributed by atoms with Crippen molar-refractivity contribution < 1.29 is 24.0 Å². The van der Waals surface area contributed by atoms with E-state index in [1.54, 1.807) is 24.3 Å². The summed E-state index contributed by atoms with van der Waals surface area (Å²) in [6, 6.07) is 14.7. The van der Waals surface area contributed by atoms with Gasteiger partial charge in [0.05, 0.1) is 33.5 Å². The molecule has 1 saturated carbocycles. The zero-order valence-corrected chi connectivity index (χ0v) is 20.6. The van der Waals surface area contributed by atoms with Gasteiger partial charge in [0, 0.05) is 12.8 Å². The molecule has 178 valence electrons. The van der Waals surface area contributed by atoms with Gasteiger partial charge >= 0.3 is 7.12 Å². The number of hydrogen-bond donors (Lipinski definition) is 1. The van der Waals surface area contributed by atoms with Crippen LogP contribution in [0.2, 0.25) is 0 Å². The van der Waals surface area contributed by atoms with Gasteiger partial charge in [0.2, 0.25) is 0 Å². The molecule has 1 N–H and O–H groups in total. The molecule has 0 atom stereocenters. The maximum Gasteiger partial charge on any atom is 0.494 e. The fourth-order valence-electron chi connectivity index (χ4n) is 5.68. The Morgan fingerprint density at radius 1 is 0.882 bits per heavy atom. The number of benzene rings is 2. The molecule has 1 saturated heterocycles. The van der Waals surface area contributed by atoms with E-state index in [9.17, 15) is 14.7 Å². The second kappa shape index (κ2) is 7.51. The fraction of sp³-hybridized carbons (Fsp3) is 0.481. The predicted octanol–water partition coefficient (Wildman–Crippen LogP) is 3.80. The fourth-order valence-corrected chi connectivity index (χ4v) is 5.68. The number of hydrogen-bond acceptors (Lipinski definition) is 5. The summed E-state index contributed by atoms with van der Waals surface area (Å²) in [5.41, 5.74) is -0.102. The third kappa shape index (κ3) is 3.28. The summed E-state index contributed by atoms with van der Waals surface area (Å²) in [6.45, 7) is 10.1. The average molecular weight is 461 g/mol. The normalized spacial score (nSPS) is 29.4. The summed E-state index contributed by atoms with van der Waals surface area (Å²) in [7, 11) is -0.493. The second-order valence-electron chi connectivity index (χ2n) is 11.1. The van der Waals surface area contributed by atoms with Gasteiger partial charge in [-0.15, -0.1) is 0 Å². The van der Waals surface area contributed by atoms with Crippen LogP contribution in [0.25, 0.3) is 0 Å².